The Balaban J connectivity index is 2.03. The van der Waals surface area contributed by atoms with Gasteiger partial charge in [0.15, 0.2) is 0 Å². The number of para-hydroxylation sites is 1. The van der Waals surface area contributed by atoms with Crippen molar-refractivity contribution in [3.63, 3.8) is 0 Å². The number of carbonyl (C=O) groups excluding carboxylic acids is 2. The minimum atomic E-state index is -0.715. The van der Waals surface area contributed by atoms with Crippen LogP contribution in [0.4, 0.5) is 5.69 Å². The summed E-state index contributed by atoms with van der Waals surface area (Å²) in [5, 5.41) is 9.83. The molecule has 3 rings (SSSR count). The van der Waals surface area contributed by atoms with Gasteiger partial charge in [-0.25, -0.2) is 4.90 Å². The van der Waals surface area contributed by atoms with Crippen molar-refractivity contribution in [3.8, 4) is 0 Å². The molecule has 0 bridgehead atoms. The molecule has 0 spiro atoms. The number of aliphatic hydroxyl groups excluding tert-OH is 1. The van der Waals surface area contributed by atoms with Crippen molar-refractivity contribution < 1.29 is 14.7 Å². The molecule has 1 N–H and O–H groups in total. The molecule has 1 fully saturated rings. The second kappa shape index (κ2) is 4.87. The molecule has 3 unspecified atom stereocenters. The molecule has 1 aromatic carbocycles. The molecule has 20 heavy (non-hydrogen) atoms. The van der Waals surface area contributed by atoms with Crippen LogP contribution in [0.25, 0.3) is 0 Å². The van der Waals surface area contributed by atoms with Gasteiger partial charge < -0.3 is 5.11 Å². The van der Waals surface area contributed by atoms with E-state index in [2.05, 4.69) is 0 Å². The number of allylic oxidation sites excluding steroid dienone is 2. The van der Waals surface area contributed by atoms with Crippen molar-refractivity contribution in [3.05, 3.63) is 42.0 Å². The van der Waals surface area contributed by atoms with Gasteiger partial charge in [0, 0.05) is 5.56 Å². The summed E-state index contributed by atoms with van der Waals surface area (Å²) < 4.78 is 0. The summed E-state index contributed by atoms with van der Waals surface area (Å²) in [5.41, 5.74) is 1.13. The zero-order valence-corrected chi connectivity index (χ0v) is 11.3. The van der Waals surface area contributed by atoms with E-state index in [-0.39, 0.29) is 23.7 Å². The predicted octanol–water partition coefficient (Wildman–Crippen LogP) is 2.20. The van der Waals surface area contributed by atoms with Crippen molar-refractivity contribution in [2.75, 3.05) is 4.90 Å². The number of nitrogens with zero attached hydrogens (tertiary/aromatic N) is 1. The van der Waals surface area contributed by atoms with Crippen LogP contribution in [-0.2, 0) is 9.59 Å². The molecule has 4 heteroatoms. The highest BCUT2D eigenvalue weighted by molar-refractivity contribution is 6.22. The predicted molar refractivity (Wildman–Crippen MR) is 74.9 cm³/mol. The molecule has 104 valence electrons. The molecule has 1 saturated heterocycles. The minimum absolute atomic E-state index is 0.141. The summed E-state index contributed by atoms with van der Waals surface area (Å²) in [5.74, 6) is -0.765. The number of anilines is 1. The molecular weight excluding hydrogens is 254 g/mol. The third-order valence-electron chi connectivity index (χ3n) is 4.14. The molecule has 1 aliphatic heterocycles. The van der Waals surface area contributed by atoms with Gasteiger partial charge in [0.1, 0.15) is 0 Å². The quantitative estimate of drug-likeness (QED) is 0.662. The highest BCUT2D eigenvalue weighted by atomic mass is 16.3. The number of imide groups is 1. The van der Waals surface area contributed by atoms with Crippen molar-refractivity contribution >= 4 is 17.5 Å². The van der Waals surface area contributed by atoms with Crippen LogP contribution < -0.4 is 4.90 Å². The third-order valence-corrected chi connectivity index (χ3v) is 4.14. The van der Waals surface area contributed by atoms with Crippen LogP contribution in [0.5, 0.6) is 0 Å². The fourth-order valence-electron chi connectivity index (χ4n) is 3.08. The molecule has 1 aromatic rings. The first kappa shape index (κ1) is 13.1. The van der Waals surface area contributed by atoms with E-state index in [9.17, 15) is 14.7 Å². The van der Waals surface area contributed by atoms with Crippen molar-refractivity contribution in [1.82, 2.24) is 0 Å². The van der Waals surface area contributed by atoms with Crippen molar-refractivity contribution in [2.45, 2.75) is 25.9 Å². The van der Waals surface area contributed by atoms with Crippen LogP contribution in [-0.4, -0.2) is 16.9 Å². The molecule has 2 aliphatic rings. The van der Waals surface area contributed by atoms with Crippen LogP contribution in [0, 0.1) is 11.8 Å². The van der Waals surface area contributed by atoms with Gasteiger partial charge in [0.05, 0.1) is 23.6 Å². The Morgan fingerprint density at radius 2 is 1.65 bits per heavy atom. The van der Waals surface area contributed by atoms with Gasteiger partial charge in [-0.3, -0.25) is 9.59 Å². The second-order valence-corrected chi connectivity index (χ2v) is 5.40. The van der Waals surface area contributed by atoms with Gasteiger partial charge in [-0.15, -0.1) is 0 Å². The molecule has 0 saturated carbocycles. The molecule has 0 aromatic heterocycles. The third kappa shape index (κ3) is 1.88. The number of aliphatic hydroxyl groups is 1. The lowest BCUT2D eigenvalue weighted by Crippen LogP contribution is -2.32. The van der Waals surface area contributed by atoms with E-state index in [0.717, 1.165) is 0 Å². The van der Waals surface area contributed by atoms with E-state index in [1.807, 2.05) is 12.2 Å². The summed E-state index contributed by atoms with van der Waals surface area (Å²) in [7, 11) is 0. The number of benzene rings is 1. The Kier molecular flexibility index (Phi) is 3.18. The second-order valence-electron chi connectivity index (χ2n) is 5.40. The zero-order chi connectivity index (χ0) is 14.3. The van der Waals surface area contributed by atoms with Crippen molar-refractivity contribution in [1.29, 1.82) is 0 Å². The Morgan fingerprint density at radius 3 is 2.20 bits per heavy atom. The summed E-state index contributed by atoms with van der Waals surface area (Å²) in [4.78, 5) is 26.3. The average Bonchev–Trinajstić information content (AvgIpc) is 2.71. The van der Waals surface area contributed by atoms with E-state index < -0.39 is 6.10 Å². The van der Waals surface area contributed by atoms with Gasteiger partial charge in [0.25, 0.3) is 0 Å². The van der Waals surface area contributed by atoms with Crippen LogP contribution >= 0.6 is 0 Å². The Bertz CT molecular complexity index is 565. The van der Waals surface area contributed by atoms with Gasteiger partial charge in [-0.1, -0.05) is 30.4 Å². The van der Waals surface area contributed by atoms with Crippen LogP contribution in [0.1, 0.15) is 31.4 Å². The van der Waals surface area contributed by atoms with E-state index in [0.29, 0.717) is 24.1 Å². The fraction of sp³-hybridized carbons (Fsp3) is 0.375. The molecule has 0 radical (unpaired) electrons. The van der Waals surface area contributed by atoms with Gasteiger partial charge in [-0.2, -0.15) is 0 Å². The van der Waals surface area contributed by atoms with Gasteiger partial charge >= 0.3 is 0 Å². The Labute approximate surface area is 117 Å². The van der Waals surface area contributed by atoms with E-state index in [1.165, 1.54) is 4.90 Å². The first-order chi connectivity index (χ1) is 9.61. The summed E-state index contributed by atoms with van der Waals surface area (Å²) in [6, 6.07) is 7.05. The molecule has 1 aliphatic carbocycles. The smallest absolute Gasteiger partial charge is 0.238 e. The maximum Gasteiger partial charge on any atom is 0.238 e. The normalized spacial score (nSPS) is 26.8. The number of rotatable bonds is 2. The molecule has 1 heterocycles. The lowest BCUT2D eigenvalue weighted by atomic mass is 9.85. The molecule has 3 atom stereocenters. The lowest BCUT2D eigenvalue weighted by Gasteiger charge is -2.20. The maximum absolute atomic E-state index is 12.5. The zero-order valence-electron chi connectivity index (χ0n) is 11.3. The number of hydrogen-bond acceptors (Lipinski definition) is 3. The minimum Gasteiger partial charge on any atom is -0.389 e. The van der Waals surface area contributed by atoms with E-state index in [1.54, 1.807) is 31.2 Å². The number of hydrogen-bond donors (Lipinski definition) is 1. The standard InChI is InChI=1S/C16H17NO3/c1-10(18)11-6-4-5-9-14(11)17-15(19)12-7-2-3-8-13(12)16(17)20/h2-6,9-10,12-13,18H,7-8H2,1H3. The number of fused-ring (bicyclic) bond motifs is 1. The van der Waals surface area contributed by atoms with Gasteiger partial charge in [-0.05, 0) is 25.8 Å². The Hall–Kier alpha value is -1.94. The van der Waals surface area contributed by atoms with Crippen LogP contribution in [0.15, 0.2) is 36.4 Å². The van der Waals surface area contributed by atoms with Crippen LogP contribution in [0.3, 0.4) is 0 Å². The largest absolute Gasteiger partial charge is 0.389 e. The molecular formula is C16H17NO3. The monoisotopic (exact) mass is 271 g/mol. The maximum atomic E-state index is 12.5. The van der Waals surface area contributed by atoms with Crippen molar-refractivity contribution in [2.24, 2.45) is 11.8 Å². The summed E-state index contributed by atoms with van der Waals surface area (Å²) in [6.07, 6.45) is 4.48. The van der Waals surface area contributed by atoms with Crippen LogP contribution in [0.2, 0.25) is 0 Å². The summed E-state index contributed by atoms with van der Waals surface area (Å²) in [6.45, 7) is 1.64. The molecule has 4 nitrogen and oxygen atoms in total. The summed E-state index contributed by atoms with van der Waals surface area (Å²) >= 11 is 0. The Morgan fingerprint density at radius 1 is 1.10 bits per heavy atom. The van der Waals surface area contributed by atoms with E-state index >= 15 is 0 Å². The first-order valence-electron chi connectivity index (χ1n) is 6.91. The first-order valence-corrected chi connectivity index (χ1v) is 6.91. The SMILES string of the molecule is CC(O)c1ccccc1N1C(=O)C2CC=CCC2C1=O. The van der Waals surface area contributed by atoms with Gasteiger partial charge in [0.2, 0.25) is 11.8 Å². The molecule has 2 amide bonds. The highest BCUT2D eigenvalue weighted by Gasteiger charge is 2.48. The topological polar surface area (TPSA) is 57.6 Å². The number of carbonyl (C=O) groups is 2. The average molecular weight is 271 g/mol. The number of amides is 2. The lowest BCUT2D eigenvalue weighted by molar-refractivity contribution is -0.122. The van der Waals surface area contributed by atoms with E-state index in [4.69, 9.17) is 0 Å². The fourth-order valence-corrected chi connectivity index (χ4v) is 3.08. The highest BCUT2D eigenvalue weighted by Crippen LogP contribution is 2.39.